The minimum absolute atomic E-state index is 0.0602. The number of hydrogen-bond acceptors (Lipinski definition) is 4. The number of carbonyl (C=O) groups excluding carboxylic acids is 3. The lowest BCUT2D eigenvalue weighted by molar-refractivity contribution is -0.151. The molecule has 0 aliphatic carbocycles. The number of unbranched alkanes of at least 4 members (excludes halogenated alkanes) is 9. The topological polar surface area (TPSA) is 75.7 Å². The molecule has 1 aliphatic rings. The molecule has 156 valence electrons. The lowest BCUT2D eigenvalue weighted by Gasteiger charge is -2.34. The predicted octanol–water partition coefficient (Wildman–Crippen LogP) is 3.58. The van der Waals surface area contributed by atoms with Crippen LogP contribution < -0.4 is 5.32 Å². The van der Waals surface area contributed by atoms with Crippen molar-refractivity contribution in [3.8, 4) is 0 Å². The van der Waals surface area contributed by atoms with E-state index < -0.39 is 12.0 Å². The van der Waals surface area contributed by atoms with Crippen LogP contribution in [0.1, 0.15) is 90.9 Å². The normalized spacial score (nSPS) is 16.9. The number of rotatable bonds is 14. The van der Waals surface area contributed by atoms with Crippen LogP contribution in [0.15, 0.2) is 0 Å². The van der Waals surface area contributed by atoms with Crippen molar-refractivity contribution in [2.75, 3.05) is 19.7 Å². The summed E-state index contributed by atoms with van der Waals surface area (Å²) in [6, 6.07) is -0.730. The van der Waals surface area contributed by atoms with Gasteiger partial charge in [0, 0.05) is 19.5 Å². The summed E-state index contributed by atoms with van der Waals surface area (Å²) in [6.45, 7) is 5.28. The fourth-order valence-electron chi connectivity index (χ4n) is 3.41. The van der Waals surface area contributed by atoms with Crippen LogP contribution in [0.3, 0.4) is 0 Å². The van der Waals surface area contributed by atoms with Gasteiger partial charge in [-0.15, -0.1) is 0 Å². The molecule has 1 heterocycles. The molecular weight excluding hydrogens is 344 g/mol. The number of ether oxygens (including phenoxy) is 1. The molecule has 6 nitrogen and oxygen atoms in total. The fourth-order valence-corrected chi connectivity index (χ4v) is 3.41. The Bertz CT molecular complexity index is 453. The van der Waals surface area contributed by atoms with Crippen LogP contribution in [0.5, 0.6) is 0 Å². The van der Waals surface area contributed by atoms with E-state index in [-0.39, 0.29) is 18.2 Å². The molecule has 0 aromatic carbocycles. The minimum atomic E-state index is -0.730. The molecule has 1 unspecified atom stereocenters. The summed E-state index contributed by atoms with van der Waals surface area (Å²) in [4.78, 5) is 37.5. The molecule has 6 heteroatoms. The van der Waals surface area contributed by atoms with Crippen LogP contribution in [0.2, 0.25) is 0 Å². The second kappa shape index (κ2) is 14.5. The van der Waals surface area contributed by atoms with E-state index in [1.165, 1.54) is 56.3 Å². The first-order valence-corrected chi connectivity index (χ1v) is 10.8. The Morgan fingerprint density at radius 3 is 2.19 bits per heavy atom. The minimum Gasteiger partial charge on any atom is -0.466 e. The van der Waals surface area contributed by atoms with Gasteiger partial charge in [0.05, 0.1) is 13.0 Å². The van der Waals surface area contributed by atoms with Crippen molar-refractivity contribution < 1.29 is 19.1 Å². The van der Waals surface area contributed by atoms with E-state index >= 15 is 0 Å². The van der Waals surface area contributed by atoms with Gasteiger partial charge in [0.2, 0.25) is 11.8 Å². The summed E-state index contributed by atoms with van der Waals surface area (Å²) in [5.41, 5.74) is 0. The maximum Gasteiger partial charge on any atom is 0.308 e. The van der Waals surface area contributed by atoms with Crippen molar-refractivity contribution in [3.05, 3.63) is 0 Å². The standard InChI is InChI=1S/C21H38N2O4/c1-3-5-6-7-8-9-10-11-12-13-16-27-20(25)17-18-21(26)22-14-15-23(18)19(24)4-2/h18H,3-17H2,1-2H3,(H,22,26). The average molecular weight is 383 g/mol. The Hall–Kier alpha value is -1.59. The summed E-state index contributed by atoms with van der Waals surface area (Å²) >= 11 is 0. The van der Waals surface area contributed by atoms with Crippen molar-refractivity contribution in [2.24, 2.45) is 0 Å². The molecule has 0 radical (unpaired) electrons. The van der Waals surface area contributed by atoms with E-state index in [9.17, 15) is 14.4 Å². The molecule has 27 heavy (non-hydrogen) atoms. The van der Waals surface area contributed by atoms with Crippen LogP contribution in [0.25, 0.3) is 0 Å². The fraction of sp³-hybridized carbons (Fsp3) is 0.857. The molecule has 1 fully saturated rings. The maximum absolute atomic E-state index is 12.0. The second-order valence-corrected chi connectivity index (χ2v) is 7.35. The second-order valence-electron chi connectivity index (χ2n) is 7.35. The van der Waals surface area contributed by atoms with Crippen molar-refractivity contribution in [1.82, 2.24) is 10.2 Å². The van der Waals surface area contributed by atoms with E-state index in [2.05, 4.69) is 12.2 Å². The number of nitrogens with one attached hydrogen (secondary N) is 1. The summed E-state index contributed by atoms with van der Waals surface area (Å²) < 4.78 is 5.27. The average Bonchev–Trinajstić information content (AvgIpc) is 2.67. The predicted molar refractivity (Wildman–Crippen MR) is 106 cm³/mol. The Morgan fingerprint density at radius 2 is 1.59 bits per heavy atom. The summed E-state index contributed by atoms with van der Waals surface area (Å²) in [7, 11) is 0. The van der Waals surface area contributed by atoms with Gasteiger partial charge in [-0.1, -0.05) is 71.6 Å². The lowest BCUT2D eigenvalue weighted by atomic mass is 10.1. The Kier molecular flexibility index (Phi) is 12.6. The van der Waals surface area contributed by atoms with Gasteiger partial charge >= 0.3 is 5.97 Å². The lowest BCUT2D eigenvalue weighted by Crippen LogP contribution is -2.57. The van der Waals surface area contributed by atoms with Crippen molar-refractivity contribution in [2.45, 2.75) is 96.9 Å². The van der Waals surface area contributed by atoms with E-state index in [1.54, 1.807) is 6.92 Å². The highest BCUT2D eigenvalue weighted by Gasteiger charge is 2.34. The van der Waals surface area contributed by atoms with Crippen LogP contribution in [0.4, 0.5) is 0 Å². The third kappa shape index (κ3) is 9.78. The highest BCUT2D eigenvalue weighted by molar-refractivity contribution is 5.91. The van der Waals surface area contributed by atoms with Gasteiger partial charge in [-0.05, 0) is 6.42 Å². The molecule has 1 rings (SSSR count). The third-order valence-electron chi connectivity index (χ3n) is 5.07. The largest absolute Gasteiger partial charge is 0.466 e. The zero-order valence-corrected chi connectivity index (χ0v) is 17.3. The number of esters is 1. The van der Waals surface area contributed by atoms with Gasteiger partial charge in [0.25, 0.3) is 0 Å². The zero-order chi connectivity index (χ0) is 19.9. The Balaban J connectivity index is 2.10. The molecule has 0 spiro atoms. The number of piperazine rings is 1. The summed E-state index contributed by atoms with van der Waals surface area (Å²) in [6.07, 6.45) is 12.6. The first-order chi connectivity index (χ1) is 13.1. The van der Waals surface area contributed by atoms with Crippen LogP contribution >= 0.6 is 0 Å². The molecule has 1 aliphatic heterocycles. The molecule has 1 atom stereocenters. The molecule has 0 aromatic rings. The molecule has 0 bridgehead atoms. The third-order valence-corrected chi connectivity index (χ3v) is 5.07. The molecule has 1 N–H and O–H groups in total. The Labute approximate surface area is 164 Å². The van der Waals surface area contributed by atoms with Crippen LogP contribution in [0, 0.1) is 0 Å². The summed E-state index contributed by atoms with van der Waals surface area (Å²) in [5.74, 6) is -0.766. The van der Waals surface area contributed by atoms with Crippen LogP contribution in [-0.4, -0.2) is 48.4 Å². The number of hydrogen-bond donors (Lipinski definition) is 1. The van der Waals surface area contributed by atoms with Gasteiger partial charge < -0.3 is 15.0 Å². The van der Waals surface area contributed by atoms with Crippen molar-refractivity contribution in [3.63, 3.8) is 0 Å². The molecule has 0 aromatic heterocycles. The van der Waals surface area contributed by atoms with E-state index in [0.717, 1.165) is 12.8 Å². The number of nitrogens with zero attached hydrogens (tertiary/aromatic N) is 1. The van der Waals surface area contributed by atoms with Crippen molar-refractivity contribution >= 4 is 17.8 Å². The highest BCUT2D eigenvalue weighted by Crippen LogP contribution is 2.13. The monoisotopic (exact) mass is 382 g/mol. The quantitative estimate of drug-likeness (QED) is 0.368. The maximum atomic E-state index is 12.0. The van der Waals surface area contributed by atoms with Gasteiger partial charge in [0.1, 0.15) is 6.04 Å². The smallest absolute Gasteiger partial charge is 0.308 e. The van der Waals surface area contributed by atoms with Gasteiger partial charge in [-0.2, -0.15) is 0 Å². The van der Waals surface area contributed by atoms with E-state index in [4.69, 9.17) is 4.74 Å². The van der Waals surface area contributed by atoms with Gasteiger partial charge in [0.15, 0.2) is 0 Å². The van der Waals surface area contributed by atoms with E-state index in [1.807, 2.05) is 0 Å². The van der Waals surface area contributed by atoms with E-state index in [0.29, 0.717) is 26.1 Å². The number of carbonyl (C=O) groups is 3. The van der Waals surface area contributed by atoms with Crippen LogP contribution in [-0.2, 0) is 19.1 Å². The van der Waals surface area contributed by atoms with Gasteiger partial charge in [-0.3, -0.25) is 14.4 Å². The summed E-state index contributed by atoms with van der Waals surface area (Å²) in [5, 5.41) is 2.72. The highest BCUT2D eigenvalue weighted by atomic mass is 16.5. The molecular formula is C21H38N2O4. The first kappa shape index (κ1) is 23.4. The molecule has 0 saturated carbocycles. The Morgan fingerprint density at radius 1 is 1.00 bits per heavy atom. The number of amides is 2. The van der Waals surface area contributed by atoms with Crippen molar-refractivity contribution in [1.29, 1.82) is 0 Å². The zero-order valence-electron chi connectivity index (χ0n) is 17.3. The SMILES string of the molecule is CCCCCCCCCCCCOC(=O)CC1C(=O)NCCN1C(=O)CC. The first-order valence-electron chi connectivity index (χ1n) is 10.8. The molecule has 2 amide bonds. The van der Waals surface area contributed by atoms with Gasteiger partial charge in [-0.25, -0.2) is 0 Å². The molecule has 1 saturated heterocycles.